The van der Waals surface area contributed by atoms with Crippen molar-refractivity contribution in [2.45, 2.75) is 46.5 Å². The maximum absolute atomic E-state index is 8.51. The van der Waals surface area contributed by atoms with Crippen molar-refractivity contribution >= 4 is 0 Å². The molecule has 0 atom stereocenters. The Hall–Kier alpha value is -1.02. The normalized spacial score (nSPS) is 10.9. The molecule has 0 heterocycles. The molecule has 0 aliphatic heterocycles. The van der Waals surface area contributed by atoms with E-state index in [0.29, 0.717) is 5.41 Å². The van der Waals surface area contributed by atoms with Crippen molar-refractivity contribution in [3.8, 4) is 12.1 Å². The fourth-order valence-corrected chi connectivity index (χ4v) is 1.16. The van der Waals surface area contributed by atoms with Gasteiger partial charge in [0.05, 0.1) is 12.1 Å². The van der Waals surface area contributed by atoms with Gasteiger partial charge in [0.1, 0.15) is 5.92 Å². The minimum Gasteiger partial charge on any atom is -0.197 e. The lowest BCUT2D eigenvalue weighted by atomic mass is 9.89. The van der Waals surface area contributed by atoms with E-state index < -0.39 is 5.92 Å². The third-order valence-corrected chi connectivity index (χ3v) is 1.98. The van der Waals surface area contributed by atoms with E-state index in [9.17, 15) is 0 Å². The summed E-state index contributed by atoms with van der Waals surface area (Å²) in [5.74, 6) is -0.403. The van der Waals surface area contributed by atoms with Crippen LogP contribution < -0.4 is 0 Å². The van der Waals surface area contributed by atoms with Gasteiger partial charge in [-0.25, -0.2) is 0 Å². The smallest absolute Gasteiger partial charge is 0.133 e. The van der Waals surface area contributed by atoms with Crippen LogP contribution in [0.4, 0.5) is 0 Å². The van der Waals surface area contributed by atoms with E-state index in [4.69, 9.17) is 10.5 Å². The summed E-state index contributed by atoms with van der Waals surface area (Å²) in [5.41, 5.74) is 0.370. The number of hydrogen-bond donors (Lipinski definition) is 0. The number of unbranched alkanes of at least 4 members (excludes halogenated alkanes) is 1. The summed E-state index contributed by atoms with van der Waals surface area (Å²) in [6.45, 7) is 6.62. The second-order valence-electron chi connectivity index (χ2n) is 4.62. The predicted molar refractivity (Wildman–Crippen MR) is 52.6 cm³/mol. The molecule has 0 aromatic heterocycles. The van der Waals surface area contributed by atoms with Crippen LogP contribution in [0.15, 0.2) is 0 Å². The van der Waals surface area contributed by atoms with Crippen LogP contribution in [0.5, 0.6) is 0 Å². The van der Waals surface area contributed by atoms with E-state index >= 15 is 0 Å². The van der Waals surface area contributed by atoms with Crippen LogP contribution in [0.1, 0.15) is 46.5 Å². The summed E-state index contributed by atoms with van der Waals surface area (Å²) in [6, 6.07) is 3.98. The average molecular weight is 178 g/mol. The van der Waals surface area contributed by atoms with Crippen molar-refractivity contribution in [2.24, 2.45) is 11.3 Å². The van der Waals surface area contributed by atoms with Gasteiger partial charge < -0.3 is 0 Å². The third-order valence-electron chi connectivity index (χ3n) is 1.98. The minimum atomic E-state index is -0.403. The molecule has 2 heteroatoms. The summed E-state index contributed by atoms with van der Waals surface area (Å²) in [7, 11) is 0. The average Bonchev–Trinajstić information content (AvgIpc) is 2.03. The largest absolute Gasteiger partial charge is 0.197 e. The Kier molecular flexibility index (Phi) is 5.16. The molecule has 0 unspecified atom stereocenters. The molecule has 0 aliphatic carbocycles. The standard InChI is InChI=1S/C11H18N2/c1-11(2,3)7-5-4-6-10(8-12)9-13/h10H,4-7H2,1-3H3. The fourth-order valence-electron chi connectivity index (χ4n) is 1.16. The van der Waals surface area contributed by atoms with Gasteiger partial charge in [0, 0.05) is 0 Å². The van der Waals surface area contributed by atoms with Crippen molar-refractivity contribution in [1.29, 1.82) is 10.5 Å². The second-order valence-corrected chi connectivity index (χ2v) is 4.62. The van der Waals surface area contributed by atoms with Gasteiger partial charge in [-0.15, -0.1) is 0 Å². The Bertz CT molecular complexity index is 198. The molecule has 0 aromatic carbocycles. The Morgan fingerprint density at radius 1 is 1.08 bits per heavy atom. The molecule has 0 bridgehead atoms. The molecule has 2 nitrogen and oxygen atoms in total. The first-order chi connectivity index (χ1) is 5.99. The van der Waals surface area contributed by atoms with Gasteiger partial charge in [-0.1, -0.05) is 33.6 Å². The van der Waals surface area contributed by atoms with Gasteiger partial charge in [0.15, 0.2) is 0 Å². The van der Waals surface area contributed by atoms with E-state index in [-0.39, 0.29) is 0 Å². The zero-order chi connectivity index (χ0) is 10.3. The molecule has 0 saturated carbocycles. The summed E-state index contributed by atoms with van der Waals surface area (Å²) < 4.78 is 0. The summed E-state index contributed by atoms with van der Waals surface area (Å²) in [6.07, 6.45) is 3.99. The molecule has 72 valence electrons. The van der Waals surface area contributed by atoms with Crippen LogP contribution >= 0.6 is 0 Å². The molecular weight excluding hydrogens is 160 g/mol. The lowest BCUT2D eigenvalue weighted by Crippen LogP contribution is -2.04. The Labute approximate surface area is 81.2 Å². The highest BCUT2D eigenvalue weighted by atomic mass is 14.3. The molecule has 0 N–H and O–H groups in total. The lowest BCUT2D eigenvalue weighted by Gasteiger charge is -2.17. The summed E-state index contributed by atoms with van der Waals surface area (Å²) in [5, 5.41) is 17.0. The zero-order valence-electron chi connectivity index (χ0n) is 8.80. The molecule has 0 aromatic rings. The molecule has 0 aliphatic rings. The van der Waals surface area contributed by atoms with Gasteiger partial charge in [0.2, 0.25) is 0 Å². The molecule has 13 heavy (non-hydrogen) atoms. The SMILES string of the molecule is CC(C)(C)CCCCC(C#N)C#N. The van der Waals surface area contributed by atoms with E-state index in [1.54, 1.807) is 0 Å². The maximum atomic E-state index is 8.51. The Morgan fingerprint density at radius 2 is 1.62 bits per heavy atom. The van der Waals surface area contributed by atoms with Gasteiger partial charge >= 0.3 is 0 Å². The molecular formula is C11H18N2. The third kappa shape index (κ3) is 7.34. The molecule has 0 amide bonds. The van der Waals surface area contributed by atoms with Gasteiger partial charge in [-0.3, -0.25) is 0 Å². The van der Waals surface area contributed by atoms with Crippen molar-refractivity contribution in [3.63, 3.8) is 0 Å². The molecule has 0 saturated heterocycles. The zero-order valence-corrected chi connectivity index (χ0v) is 8.80. The molecule has 0 rings (SSSR count). The Morgan fingerprint density at radius 3 is 2.00 bits per heavy atom. The van der Waals surface area contributed by atoms with Crippen LogP contribution in [-0.4, -0.2) is 0 Å². The first-order valence-corrected chi connectivity index (χ1v) is 4.79. The van der Waals surface area contributed by atoms with E-state index in [0.717, 1.165) is 25.7 Å². The quantitative estimate of drug-likeness (QED) is 0.620. The van der Waals surface area contributed by atoms with Gasteiger partial charge in [-0.2, -0.15) is 10.5 Å². The van der Waals surface area contributed by atoms with Crippen LogP contribution in [0.25, 0.3) is 0 Å². The van der Waals surface area contributed by atoms with E-state index in [1.807, 2.05) is 12.1 Å². The van der Waals surface area contributed by atoms with Gasteiger partial charge in [-0.05, 0) is 18.3 Å². The highest BCUT2D eigenvalue weighted by molar-refractivity contribution is 4.98. The van der Waals surface area contributed by atoms with E-state index in [1.165, 1.54) is 0 Å². The summed E-state index contributed by atoms with van der Waals surface area (Å²) in [4.78, 5) is 0. The highest BCUT2D eigenvalue weighted by Crippen LogP contribution is 2.22. The lowest BCUT2D eigenvalue weighted by molar-refractivity contribution is 0.356. The first kappa shape index (κ1) is 12.0. The van der Waals surface area contributed by atoms with Crippen molar-refractivity contribution in [3.05, 3.63) is 0 Å². The second kappa shape index (κ2) is 5.60. The van der Waals surface area contributed by atoms with Gasteiger partial charge in [0.25, 0.3) is 0 Å². The van der Waals surface area contributed by atoms with Crippen LogP contribution in [0.3, 0.4) is 0 Å². The molecule has 0 fully saturated rings. The molecule has 0 spiro atoms. The predicted octanol–water partition coefficient (Wildman–Crippen LogP) is 3.26. The number of nitriles is 2. The van der Waals surface area contributed by atoms with Crippen molar-refractivity contribution in [2.75, 3.05) is 0 Å². The highest BCUT2D eigenvalue weighted by Gasteiger charge is 2.10. The fraction of sp³-hybridized carbons (Fsp3) is 0.818. The van der Waals surface area contributed by atoms with Crippen molar-refractivity contribution < 1.29 is 0 Å². The summed E-state index contributed by atoms with van der Waals surface area (Å²) >= 11 is 0. The van der Waals surface area contributed by atoms with E-state index in [2.05, 4.69) is 20.8 Å². The number of hydrogen-bond acceptors (Lipinski definition) is 2. The van der Waals surface area contributed by atoms with Crippen LogP contribution in [-0.2, 0) is 0 Å². The topological polar surface area (TPSA) is 47.6 Å². The van der Waals surface area contributed by atoms with Crippen LogP contribution in [0, 0.1) is 34.0 Å². The minimum absolute atomic E-state index is 0.370. The van der Waals surface area contributed by atoms with Crippen molar-refractivity contribution in [1.82, 2.24) is 0 Å². The maximum Gasteiger partial charge on any atom is 0.133 e. The number of nitrogens with zero attached hydrogens (tertiary/aromatic N) is 2. The monoisotopic (exact) mass is 178 g/mol. The molecule has 0 radical (unpaired) electrons. The van der Waals surface area contributed by atoms with Crippen LogP contribution in [0.2, 0.25) is 0 Å². The first-order valence-electron chi connectivity index (χ1n) is 4.79. The Balaban J connectivity index is 3.49. The number of rotatable bonds is 4.